The number of hydrogen-bond acceptors (Lipinski definition) is 4. The van der Waals surface area contributed by atoms with Gasteiger partial charge in [-0.15, -0.1) is 11.3 Å². The fraction of sp³-hybridized carbons (Fsp3) is 0.273. The minimum Gasteiger partial charge on any atom is -0.377 e. The topological polar surface area (TPSA) is 53.6 Å². The van der Waals surface area contributed by atoms with Crippen molar-refractivity contribution >= 4 is 17.0 Å². The molecule has 2 heterocycles. The molecule has 0 radical (unpaired) electrons. The van der Waals surface area contributed by atoms with Crippen LogP contribution in [-0.4, -0.2) is 9.78 Å². The van der Waals surface area contributed by atoms with E-state index in [-0.39, 0.29) is 0 Å². The molecule has 0 amide bonds. The molecule has 1 N–H and O–H groups in total. The summed E-state index contributed by atoms with van der Waals surface area (Å²) < 4.78 is 1.83. The summed E-state index contributed by atoms with van der Waals surface area (Å²) in [6.07, 6.45) is 1.81. The Morgan fingerprint density at radius 2 is 2.38 bits per heavy atom. The second kappa shape index (κ2) is 4.37. The number of rotatable bonds is 3. The number of thiophene rings is 1. The maximum atomic E-state index is 8.71. The lowest BCUT2D eigenvalue weighted by molar-refractivity contribution is 0.740. The van der Waals surface area contributed by atoms with E-state index in [0.29, 0.717) is 0 Å². The highest BCUT2D eigenvalue weighted by molar-refractivity contribution is 7.12. The van der Waals surface area contributed by atoms with E-state index < -0.39 is 0 Å². The van der Waals surface area contributed by atoms with Gasteiger partial charge in [0, 0.05) is 18.5 Å². The third kappa shape index (κ3) is 2.07. The van der Waals surface area contributed by atoms with E-state index in [0.717, 1.165) is 27.7 Å². The van der Waals surface area contributed by atoms with Gasteiger partial charge >= 0.3 is 0 Å². The fourth-order valence-electron chi connectivity index (χ4n) is 1.39. The molecule has 0 atom stereocenters. The summed E-state index contributed by atoms with van der Waals surface area (Å²) in [5.74, 6) is 0. The number of aryl methyl sites for hydroxylation is 1. The van der Waals surface area contributed by atoms with Gasteiger partial charge in [-0.05, 0) is 19.1 Å². The monoisotopic (exact) mass is 232 g/mol. The Balaban J connectivity index is 2.02. The summed E-state index contributed by atoms with van der Waals surface area (Å²) in [5.41, 5.74) is 2.14. The predicted molar refractivity (Wildman–Crippen MR) is 64.3 cm³/mol. The van der Waals surface area contributed by atoms with Crippen LogP contribution < -0.4 is 5.32 Å². The Morgan fingerprint density at radius 1 is 1.56 bits per heavy atom. The van der Waals surface area contributed by atoms with Crippen molar-refractivity contribution in [2.75, 3.05) is 5.32 Å². The molecule has 16 heavy (non-hydrogen) atoms. The second-order valence-corrected chi connectivity index (χ2v) is 4.67. The highest BCUT2D eigenvalue weighted by atomic mass is 32.1. The average Bonchev–Trinajstić information content (AvgIpc) is 2.86. The second-order valence-electron chi connectivity index (χ2n) is 3.50. The molecule has 5 heteroatoms. The molecule has 2 aromatic heterocycles. The molecule has 2 rings (SSSR count). The first-order valence-electron chi connectivity index (χ1n) is 4.92. The lowest BCUT2D eigenvalue weighted by Crippen LogP contribution is -1.99. The van der Waals surface area contributed by atoms with Gasteiger partial charge in [0.05, 0.1) is 17.6 Å². The van der Waals surface area contributed by atoms with E-state index in [2.05, 4.69) is 16.5 Å². The number of hydrogen-bond donors (Lipinski definition) is 1. The van der Waals surface area contributed by atoms with Crippen molar-refractivity contribution in [3.8, 4) is 6.07 Å². The van der Waals surface area contributed by atoms with Crippen molar-refractivity contribution in [3.63, 3.8) is 0 Å². The lowest BCUT2D eigenvalue weighted by Gasteiger charge is -2.03. The van der Waals surface area contributed by atoms with E-state index in [9.17, 15) is 0 Å². The molecule has 0 aliphatic heterocycles. The van der Waals surface area contributed by atoms with Crippen molar-refractivity contribution in [1.29, 1.82) is 5.26 Å². The SMILES string of the molecule is Cc1c(NCc2ccc(C#N)s2)cnn1C. The van der Waals surface area contributed by atoms with Gasteiger partial charge < -0.3 is 5.32 Å². The van der Waals surface area contributed by atoms with Gasteiger partial charge in [0.1, 0.15) is 10.9 Å². The van der Waals surface area contributed by atoms with Gasteiger partial charge in [0.15, 0.2) is 0 Å². The van der Waals surface area contributed by atoms with Gasteiger partial charge in [-0.25, -0.2) is 0 Å². The van der Waals surface area contributed by atoms with E-state index >= 15 is 0 Å². The van der Waals surface area contributed by atoms with Crippen LogP contribution in [0.15, 0.2) is 18.3 Å². The standard InChI is InChI=1S/C11H12N4S/c1-8-11(7-14-15(8)2)13-6-10-4-3-9(5-12)16-10/h3-4,7,13H,6H2,1-2H3. The Morgan fingerprint density at radius 3 is 2.94 bits per heavy atom. The number of nitrogens with one attached hydrogen (secondary N) is 1. The van der Waals surface area contributed by atoms with Crippen molar-refractivity contribution in [1.82, 2.24) is 9.78 Å². The van der Waals surface area contributed by atoms with Crippen LogP contribution in [0.4, 0.5) is 5.69 Å². The van der Waals surface area contributed by atoms with Crippen LogP contribution in [0.1, 0.15) is 15.4 Å². The van der Waals surface area contributed by atoms with Crippen LogP contribution in [0, 0.1) is 18.3 Å². The van der Waals surface area contributed by atoms with Crippen molar-refractivity contribution in [2.45, 2.75) is 13.5 Å². The Labute approximate surface area is 98.1 Å². The highest BCUT2D eigenvalue weighted by Gasteiger charge is 2.04. The molecule has 0 spiro atoms. The van der Waals surface area contributed by atoms with Gasteiger partial charge in [-0.2, -0.15) is 10.4 Å². The van der Waals surface area contributed by atoms with Crippen LogP contribution in [0.2, 0.25) is 0 Å². The van der Waals surface area contributed by atoms with Crippen LogP contribution in [-0.2, 0) is 13.6 Å². The third-order valence-electron chi connectivity index (χ3n) is 2.46. The summed E-state index contributed by atoms with van der Waals surface area (Å²) in [6, 6.07) is 5.95. The molecule has 0 aliphatic rings. The molecular formula is C11H12N4S. The van der Waals surface area contributed by atoms with Crippen LogP contribution in [0.5, 0.6) is 0 Å². The van der Waals surface area contributed by atoms with Crippen molar-refractivity contribution in [2.24, 2.45) is 7.05 Å². The predicted octanol–water partition coefficient (Wildman–Crippen LogP) is 2.27. The van der Waals surface area contributed by atoms with Gasteiger partial charge in [-0.1, -0.05) is 0 Å². The fourth-order valence-corrected chi connectivity index (χ4v) is 2.13. The van der Waals surface area contributed by atoms with E-state index in [1.807, 2.05) is 37.0 Å². The van der Waals surface area contributed by atoms with Gasteiger partial charge in [0.25, 0.3) is 0 Å². The summed E-state index contributed by atoms with van der Waals surface area (Å²) >= 11 is 1.51. The molecule has 4 nitrogen and oxygen atoms in total. The number of anilines is 1. The zero-order valence-corrected chi connectivity index (χ0v) is 10.0. The lowest BCUT2D eigenvalue weighted by atomic mass is 10.3. The number of nitriles is 1. The van der Waals surface area contributed by atoms with Gasteiger partial charge in [0.2, 0.25) is 0 Å². The molecule has 2 aromatic rings. The molecule has 0 saturated carbocycles. The quantitative estimate of drug-likeness (QED) is 0.883. The van der Waals surface area contributed by atoms with Crippen LogP contribution in [0.25, 0.3) is 0 Å². The maximum Gasteiger partial charge on any atom is 0.110 e. The molecule has 0 aromatic carbocycles. The molecule has 0 aliphatic carbocycles. The third-order valence-corrected chi connectivity index (χ3v) is 3.45. The first-order valence-corrected chi connectivity index (χ1v) is 5.73. The molecule has 0 bridgehead atoms. The molecule has 0 saturated heterocycles. The minimum atomic E-state index is 0.735. The molecular weight excluding hydrogens is 220 g/mol. The zero-order valence-electron chi connectivity index (χ0n) is 9.19. The van der Waals surface area contributed by atoms with Crippen molar-refractivity contribution in [3.05, 3.63) is 33.8 Å². The van der Waals surface area contributed by atoms with Crippen molar-refractivity contribution < 1.29 is 0 Å². The maximum absolute atomic E-state index is 8.71. The Hall–Kier alpha value is -1.80. The first-order chi connectivity index (χ1) is 7.70. The summed E-state index contributed by atoms with van der Waals surface area (Å²) in [7, 11) is 1.92. The molecule has 0 unspecified atom stereocenters. The van der Waals surface area contributed by atoms with Gasteiger partial charge in [-0.3, -0.25) is 4.68 Å². The molecule has 82 valence electrons. The highest BCUT2D eigenvalue weighted by Crippen LogP contribution is 2.18. The number of aromatic nitrogens is 2. The van der Waals surface area contributed by atoms with Crippen LogP contribution in [0.3, 0.4) is 0 Å². The minimum absolute atomic E-state index is 0.735. The summed E-state index contributed by atoms with van der Waals surface area (Å²) in [6.45, 7) is 2.75. The average molecular weight is 232 g/mol. The van der Waals surface area contributed by atoms with Crippen LogP contribution >= 0.6 is 11.3 Å². The van der Waals surface area contributed by atoms with E-state index in [4.69, 9.17) is 5.26 Å². The zero-order chi connectivity index (χ0) is 11.5. The largest absolute Gasteiger partial charge is 0.377 e. The molecule has 0 fully saturated rings. The summed E-state index contributed by atoms with van der Waals surface area (Å²) in [5, 5.41) is 16.2. The smallest absolute Gasteiger partial charge is 0.110 e. The Bertz CT molecular complexity index is 532. The Kier molecular flexibility index (Phi) is 2.93. The summed E-state index contributed by atoms with van der Waals surface area (Å²) in [4.78, 5) is 1.90. The first kappa shape index (κ1) is 10.7. The number of nitrogens with zero attached hydrogens (tertiary/aromatic N) is 3. The normalized spacial score (nSPS) is 10.1. The van der Waals surface area contributed by atoms with E-state index in [1.54, 1.807) is 0 Å². The van der Waals surface area contributed by atoms with E-state index in [1.165, 1.54) is 11.3 Å².